The molecular weight excluding hydrogens is 289 g/mol. The molecular formula is C12H13Cl2N3S. The largest absolute Gasteiger partial charge is 0.311 e. The predicted octanol–water partition coefficient (Wildman–Crippen LogP) is 4.18. The number of hydrogen-bond acceptors (Lipinski definition) is 4. The molecule has 0 aliphatic rings. The van der Waals surface area contributed by atoms with Crippen LogP contribution in [0.1, 0.15) is 24.4 Å². The van der Waals surface area contributed by atoms with Gasteiger partial charge in [-0.05, 0) is 25.6 Å². The topological polar surface area (TPSA) is 37.8 Å². The van der Waals surface area contributed by atoms with E-state index in [9.17, 15) is 0 Å². The molecule has 0 fully saturated rings. The van der Waals surface area contributed by atoms with Crippen LogP contribution in [0.3, 0.4) is 0 Å². The third-order valence-electron chi connectivity index (χ3n) is 2.67. The van der Waals surface area contributed by atoms with Crippen LogP contribution in [0.25, 0.3) is 10.6 Å². The Morgan fingerprint density at radius 3 is 2.50 bits per heavy atom. The maximum Gasteiger partial charge on any atom is 0.150 e. The second-order valence-corrected chi connectivity index (χ2v) is 5.62. The van der Waals surface area contributed by atoms with Crippen molar-refractivity contribution in [2.24, 2.45) is 0 Å². The molecule has 0 aliphatic carbocycles. The number of hydrogen-bond donors (Lipinski definition) is 1. The number of rotatable bonds is 4. The Kier molecular flexibility index (Phi) is 4.56. The van der Waals surface area contributed by atoms with E-state index >= 15 is 0 Å². The number of nitrogens with zero attached hydrogens (tertiary/aromatic N) is 2. The van der Waals surface area contributed by atoms with Crippen molar-refractivity contribution >= 4 is 34.5 Å². The molecule has 3 nitrogen and oxygen atoms in total. The number of benzene rings is 1. The van der Waals surface area contributed by atoms with Gasteiger partial charge in [0.25, 0.3) is 0 Å². The Morgan fingerprint density at radius 1 is 1.28 bits per heavy atom. The molecule has 96 valence electrons. The molecule has 0 bridgehead atoms. The fourth-order valence-electron chi connectivity index (χ4n) is 1.68. The fraction of sp³-hybridized carbons (Fsp3) is 0.333. The van der Waals surface area contributed by atoms with Crippen LogP contribution < -0.4 is 5.32 Å². The molecule has 2 rings (SSSR count). The molecule has 0 radical (unpaired) electrons. The molecule has 1 atom stereocenters. The maximum absolute atomic E-state index is 6.16. The summed E-state index contributed by atoms with van der Waals surface area (Å²) in [5, 5.41) is 14.5. The second-order valence-electron chi connectivity index (χ2n) is 3.79. The monoisotopic (exact) mass is 301 g/mol. The molecule has 0 spiro atoms. The normalized spacial score (nSPS) is 12.7. The van der Waals surface area contributed by atoms with Crippen molar-refractivity contribution in [2.75, 3.05) is 7.05 Å². The summed E-state index contributed by atoms with van der Waals surface area (Å²) in [6.07, 6.45) is 0.960. The summed E-state index contributed by atoms with van der Waals surface area (Å²) in [6, 6.07) is 5.65. The van der Waals surface area contributed by atoms with Crippen molar-refractivity contribution in [3.63, 3.8) is 0 Å². The third kappa shape index (κ3) is 2.67. The van der Waals surface area contributed by atoms with E-state index in [4.69, 9.17) is 23.2 Å². The first-order valence-electron chi connectivity index (χ1n) is 5.62. The first-order valence-corrected chi connectivity index (χ1v) is 7.19. The summed E-state index contributed by atoms with van der Waals surface area (Å²) in [7, 11) is 1.91. The summed E-state index contributed by atoms with van der Waals surface area (Å²) in [4.78, 5) is 0. The fourth-order valence-corrected chi connectivity index (χ4v) is 3.48. The van der Waals surface area contributed by atoms with Gasteiger partial charge in [-0.1, -0.05) is 47.5 Å². The first-order chi connectivity index (χ1) is 8.67. The lowest BCUT2D eigenvalue weighted by molar-refractivity contribution is 0.568. The molecule has 1 N–H and O–H groups in total. The van der Waals surface area contributed by atoms with E-state index in [1.54, 1.807) is 12.1 Å². The Hall–Kier alpha value is -0.680. The molecule has 1 aromatic heterocycles. The number of nitrogens with one attached hydrogen (secondary N) is 1. The van der Waals surface area contributed by atoms with Crippen LogP contribution in [-0.4, -0.2) is 17.2 Å². The first kappa shape index (κ1) is 13.7. The molecule has 1 unspecified atom stereocenters. The molecule has 2 aromatic rings. The second kappa shape index (κ2) is 5.97. The van der Waals surface area contributed by atoms with Crippen molar-refractivity contribution in [1.82, 2.24) is 15.5 Å². The lowest BCUT2D eigenvalue weighted by Crippen LogP contribution is -2.14. The van der Waals surface area contributed by atoms with Crippen molar-refractivity contribution < 1.29 is 0 Å². The summed E-state index contributed by atoms with van der Waals surface area (Å²) >= 11 is 13.8. The van der Waals surface area contributed by atoms with E-state index in [2.05, 4.69) is 22.4 Å². The zero-order chi connectivity index (χ0) is 13.1. The highest BCUT2D eigenvalue weighted by Crippen LogP contribution is 2.37. The van der Waals surface area contributed by atoms with Crippen molar-refractivity contribution in [3.8, 4) is 10.6 Å². The predicted molar refractivity (Wildman–Crippen MR) is 77.5 cm³/mol. The SMILES string of the molecule is CCC(NC)c1nnc(-c2c(Cl)cccc2Cl)s1. The molecule has 6 heteroatoms. The Labute approximate surface area is 120 Å². The molecule has 1 aromatic carbocycles. The minimum absolute atomic E-state index is 0.220. The molecule has 0 amide bonds. The van der Waals surface area contributed by atoms with E-state index in [1.165, 1.54) is 11.3 Å². The van der Waals surface area contributed by atoms with Gasteiger partial charge in [-0.25, -0.2) is 0 Å². The average molecular weight is 302 g/mol. The van der Waals surface area contributed by atoms with Gasteiger partial charge in [0.15, 0.2) is 5.01 Å². The van der Waals surface area contributed by atoms with Crippen LogP contribution in [0.2, 0.25) is 10.0 Å². The third-order valence-corrected chi connectivity index (χ3v) is 4.36. The van der Waals surface area contributed by atoms with E-state index in [0.717, 1.165) is 22.0 Å². The highest BCUT2D eigenvalue weighted by molar-refractivity contribution is 7.14. The molecule has 1 heterocycles. The van der Waals surface area contributed by atoms with Gasteiger partial charge in [0.05, 0.1) is 16.1 Å². The lowest BCUT2D eigenvalue weighted by atomic mass is 10.2. The number of halogens is 2. The maximum atomic E-state index is 6.16. The van der Waals surface area contributed by atoms with Gasteiger partial charge in [0, 0.05) is 5.56 Å². The minimum Gasteiger partial charge on any atom is -0.311 e. The molecule has 18 heavy (non-hydrogen) atoms. The van der Waals surface area contributed by atoms with Crippen LogP contribution in [-0.2, 0) is 0 Å². The van der Waals surface area contributed by atoms with Crippen LogP contribution in [0, 0.1) is 0 Å². The van der Waals surface area contributed by atoms with Gasteiger partial charge >= 0.3 is 0 Å². The van der Waals surface area contributed by atoms with Gasteiger partial charge < -0.3 is 5.32 Å². The lowest BCUT2D eigenvalue weighted by Gasteiger charge is -2.08. The molecule has 0 saturated heterocycles. The average Bonchev–Trinajstić information content (AvgIpc) is 2.80. The van der Waals surface area contributed by atoms with Crippen LogP contribution in [0.5, 0.6) is 0 Å². The Balaban J connectivity index is 2.41. The van der Waals surface area contributed by atoms with E-state index in [1.807, 2.05) is 13.1 Å². The van der Waals surface area contributed by atoms with Gasteiger partial charge in [0.1, 0.15) is 5.01 Å². The van der Waals surface area contributed by atoms with Crippen molar-refractivity contribution in [3.05, 3.63) is 33.3 Å². The van der Waals surface area contributed by atoms with Crippen LogP contribution in [0.4, 0.5) is 0 Å². The smallest absolute Gasteiger partial charge is 0.150 e. The quantitative estimate of drug-likeness (QED) is 0.920. The highest BCUT2D eigenvalue weighted by Gasteiger charge is 2.17. The minimum atomic E-state index is 0.220. The van der Waals surface area contributed by atoms with E-state index in [0.29, 0.717) is 10.0 Å². The zero-order valence-electron chi connectivity index (χ0n) is 10.1. The Bertz CT molecular complexity index is 518. The summed E-state index contributed by atoms with van der Waals surface area (Å²) in [5.41, 5.74) is 0.760. The molecule has 0 aliphatic heterocycles. The highest BCUT2D eigenvalue weighted by atomic mass is 35.5. The van der Waals surface area contributed by atoms with E-state index < -0.39 is 0 Å². The number of aromatic nitrogens is 2. The zero-order valence-corrected chi connectivity index (χ0v) is 12.4. The molecule has 0 saturated carbocycles. The van der Waals surface area contributed by atoms with Gasteiger partial charge in [-0.3, -0.25) is 0 Å². The van der Waals surface area contributed by atoms with E-state index in [-0.39, 0.29) is 6.04 Å². The van der Waals surface area contributed by atoms with Gasteiger partial charge in [-0.2, -0.15) is 0 Å². The standard InChI is InChI=1S/C12H13Cl2N3S/c1-3-9(15-2)11-16-17-12(18-11)10-7(13)5-4-6-8(10)14/h4-6,9,15H,3H2,1-2H3. The van der Waals surface area contributed by atoms with Crippen molar-refractivity contribution in [1.29, 1.82) is 0 Å². The summed E-state index contributed by atoms with van der Waals surface area (Å²) < 4.78 is 0. The van der Waals surface area contributed by atoms with Gasteiger partial charge in [-0.15, -0.1) is 10.2 Å². The summed E-state index contributed by atoms with van der Waals surface area (Å²) in [5.74, 6) is 0. The van der Waals surface area contributed by atoms with Crippen LogP contribution >= 0.6 is 34.5 Å². The Morgan fingerprint density at radius 2 is 1.94 bits per heavy atom. The summed E-state index contributed by atoms with van der Waals surface area (Å²) in [6.45, 7) is 2.10. The van der Waals surface area contributed by atoms with Crippen LogP contribution in [0.15, 0.2) is 18.2 Å². The van der Waals surface area contributed by atoms with Crippen molar-refractivity contribution in [2.45, 2.75) is 19.4 Å². The van der Waals surface area contributed by atoms with Gasteiger partial charge in [0.2, 0.25) is 0 Å².